The molecule has 1 aliphatic rings. The van der Waals surface area contributed by atoms with Crippen LogP contribution in [0.4, 0.5) is 10.5 Å². The number of aryl methyl sites for hydroxylation is 1. The summed E-state index contributed by atoms with van der Waals surface area (Å²) in [6.45, 7) is 3.55. The van der Waals surface area contributed by atoms with Crippen LogP contribution in [0.1, 0.15) is 23.4 Å². The highest BCUT2D eigenvalue weighted by molar-refractivity contribution is 7.09. The fourth-order valence-electron chi connectivity index (χ4n) is 3.71. The highest BCUT2D eigenvalue weighted by atomic mass is 32.1. The van der Waals surface area contributed by atoms with Gasteiger partial charge in [-0.1, -0.05) is 24.3 Å². The monoisotopic (exact) mass is 408 g/mol. The van der Waals surface area contributed by atoms with Crippen molar-refractivity contribution < 1.29 is 9.59 Å². The van der Waals surface area contributed by atoms with E-state index in [2.05, 4.69) is 15.6 Å². The van der Waals surface area contributed by atoms with Gasteiger partial charge in [0.15, 0.2) is 0 Å². The number of nitrogens with one attached hydrogen (secondary N) is 2. The van der Waals surface area contributed by atoms with E-state index in [1.165, 1.54) is 0 Å². The van der Waals surface area contributed by atoms with E-state index < -0.39 is 0 Å². The molecule has 3 amide bonds. The summed E-state index contributed by atoms with van der Waals surface area (Å²) in [4.78, 5) is 32.8. The molecule has 3 aromatic rings. The predicted octanol–water partition coefficient (Wildman–Crippen LogP) is 4.17. The number of nitrogens with zero attached hydrogens (tertiary/aromatic N) is 2. The van der Waals surface area contributed by atoms with Gasteiger partial charge in [0.25, 0.3) is 0 Å². The molecule has 0 bridgehead atoms. The Morgan fingerprint density at radius 2 is 2.10 bits per heavy atom. The van der Waals surface area contributed by atoms with Crippen molar-refractivity contribution in [2.45, 2.75) is 26.3 Å². The summed E-state index contributed by atoms with van der Waals surface area (Å²) >= 11 is 1.62. The molecule has 4 rings (SSSR count). The van der Waals surface area contributed by atoms with Crippen LogP contribution in [-0.4, -0.2) is 34.9 Å². The highest BCUT2D eigenvalue weighted by Gasteiger charge is 2.28. The molecule has 0 radical (unpaired) electrons. The number of anilines is 1. The quantitative estimate of drug-likeness (QED) is 0.681. The minimum absolute atomic E-state index is 0.0449. The van der Waals surface area contributed by atoms with Gasteiger partial charge in [-0.2, -0.15) is 0 Å². The molecular weight excluding hydrogens is 384 g/mol. The van der Waals surface area contributed by atoms with E-state index in [9.17, 15) is 9.59 Å². The third-order valence-corrected chi connectivity index (χ3v) is 6.05. The first-order chi connectivity index (χ1) is 14.1. The van der Waals surface area contributed by atoms with Gasteiger partial charge >= 0.3 is 6.03 Å². The number of benzene rings is 1. The van der Waals surface area contributed by atoms with E-state index in [0.717, 1.165) is 40.0 Å². The molecule has 1 aliphatic heterocycles. The molecule has 0 spiro atoms. The van der Waals surface area contributed by atoms with Crippen molar-refractivity contribution in [3.05, 3.63) is 58.4 Å². The Hall–Kier alpha value is -2.93. The van der Waals surface area contributed by atoms with Gasteiger partial charge in [-0.05, 0) is 43.3 Å². The van der Waals surface area contributed by atoms with E-state index in [1.807, 2.05) is 54.8 Å². The number of likely N-dealkylation sites (tertiary alicyclic amines) is 1. The summed E-state index contributed by atoms with van der Waals surface area (Å²) < 4.78 is 0. The van der Waals surface area contributed by atoms with Crippen LogP contribution in [0.2, 0.25) is 0 Å². The lowest BCUT2D eigenvalue weighted by Gasteiger charge is -2.32. The van der Waals surface area contributed by atoms with Crippen molar-refractivity contribution in [2.75, 3.05) is 18.4 Å². The van der Waals surface area contributed by atoms with E-state index in [-0.39, 0.29) is 17.9 Å². The van der Waals surface area contributed by atoms with Gasteiger partial charge in [0.1, 0.15) is 0 Å². The summed E-state index contributed by atoms with van der Waals surface area (Å²) in [7, 11) is 0. The summed E-state index contributed by atoms with van der Waals surface area (Å²) in [6.07, 6.45) is 1.60. The maximum Gasteiger partial charge on any atom is 0.317 e. The first kappa shape index (κ1) is 19.4. The van der Waals surface area contributed by atoms with Gasteiger partial charge in [-0.3, -0.25) is 9.78 Å². The number of para-hydroxylation sites is 1. The topological polar surface area (TPSA) is 74.3 Å². The van der Waals surface area contributed by atoms with E-state index in [4.69, 9.17) is 0 Å². The van der Waals surface area contributed by atoms with Crippen molar-refractivity contribution in [1.82, 2.24) is 15.2 Å². The Morgan fingerprint density at radius 3 is 2.93 bits per heavy atom. The number of fused-ring (bicyclic) bond motifs is 1. The number of urea groups is 1. The van der Waals surface area contributed by atoms with Crippen LogP contribution in [0.15, 0.2) is 47.8 Å². The van der Waals surface area contributed by atoms with Crippen LogP contribution < -0.4 is 10.6 Å². The van der Waals surface area contributed by atoms with Gasteiger partial charge in [0, 0.05) is 29.0 Å². The Balaban J connectivity index is 1.41. The fraction of sp³-hybridized carbons (Fsp3) is 0.318. The van der Waals surface area contributed by atoms with E-state index in [0.29, 0.717) is 19.6 Å². The summed E-state index contributed by atoms with van der Waals surface area (Å²) in [6, 6.07) is 13.5. The summed E-state index contributed by atoms with van der Waals surface area (Å²) in [5.74, 6) is -0.264. The Morgan fingerprint density at radius 1 is 1.24 bits per heavy atom. The van der Waals surface area contributed by atoms with Crippen LogP contribution >= 0.6 is 11.3 Å². The minimum atomic E-state index is -0.219. The molecule has 29 heavy (non-hydrogen) atoms. The molecule has 0 aliphatic carbocycles. The maximum atomic E-state index is 12.9. The number of thiophene rings is 1. The fourth-order valence-corrected chi connectivity index (χ4v) is 4.35. The molecule has 2 aromatic heterocycles. The standard InChI is InChI=1S/C22H24N4O2S/c1-15-12-20(18-8-2-3-9-19(18)24-15)25-21(27)16-6-4-10-26(14-16)22(28)23-13-17-7-5-11-29-17/h2-3,5,7-9,11-12,16H,4,6,10,13-14H2,1H3,(H,23,28)(H,24,25,27). The van der Waals surface area contributed by atoms with Crippen LogP contribution in [-0.2, 0) is 11.3 Å². The maximum absolute atomic E-state index is 12.9. The number of amides is 3. The van der Waals surface area contributed by atoms with Crippen molar-refractivity contribution >= 4 is 39.9 Å². The average molecular weight is 409 g/mol. The first-order valence-corrected chi connectivity index (χ1v) is 10.7. The molecule has 2 N–H and O–H groups in total. The molecule has 1 unspecified atom stereocenters. The lowest BCUT2D eigenvalue weighted by Crippen LogP contribution is -2.47. The first-order valence-electron chi connectivity index (χ1n) is 9.82. The number of piperidine rings is 1. The Bertz CT molecular complexity index is 1020. The number of hydrogen-bond donors (Lipinski definition) is 2. The largest absolute Gasteiger partial charge is 0.333 e. The van der Waals surface area contributed by atoms with Gasteiger partial charge in [0.05, 0.1) is 23.7 Å². The van der Waals surface area contributed by atoms with E-state index in [1.54, 1.807) is 16.2 Å². The number of aromatic nitrogens is 1. The average Bonchev–Trinajstić information content (AvgIpc) is 3.25. The zero-order valence-electron chi connectivity index (χ0n) is 16.4. The van der Waals surface area contributed by atoms with Crippen LogP contribution in [0.25, 0.3) is 10.9 Å². The van der Waals surface area contributed by atoms with Crippen molar-refractivity contribution in [1.29, 1.82) is 0 Å². The predicted molar refractivity (Wildman–Crippen MR) is 116 cm³/mol. The molecular formula is C22H24N4O2S. The molecule has 6 nitrogen and oxygen atoms in total. The minimum Gasteiger partial charge on any atom is -0.333 e. The van der Waals surface area contributed by atoms with Gasteiger partial charge < -0.3 is 15.5 Å². The van der Waals surface area contributed by atoms with Crippen LogP contribution in [0.3, 0.4) is 0 Å². The second-order valence-electron chi connectivity index (χ2n) is 7.34. The summed E-state index contributed by atoms with van der Waals surface area (Å²) in [5.41, 5.74) is 2.50. The van der Waals surface area contributed by atoms with Crippen LogP contribution in [0.5, 0.6) is 0 Å². The lowest BCUT2D eigenvalue weighted by molar-refractivity contribution is -0.121. The van der Waals surface area contributed by atoms with Crippen molar-refractivity contribution in [2.24, 2.45) is 5.92 Å². The molecule has 1 atom stereocenters. The second-order valence-corrected chi connectivity index (χ2v) is 8.37. The third-order valence-electron chi connectivity index (χ3n) is 5.18. The van der Waals surface area contributed by atoms with E-state index >= 15 is 0 Å². The highest BCUT2D eigenvalue weighted by Crippen LogP contribution is 2.25. The van der Waals surface area contributed by atoms with Gasteiger partial charge in [-0.25, -0.2) is 4.79 Å². The molecule has 150 valence electrons. The van der Waals surface area contributed by atoms with Gasteiger partial charge in [0.2, 0.25) is 5.91 Å². The van der Waals surface area contributed by atoms with Gasteiger partial charge in [-0.15, -0.1) is 11.3 Å². The Kier molecular flexibility index (Phi) is 5.76. The second kappa shape index (κ2) is 8.61. The van der Waals surface area contributed by atoms with Crippen molar-refractivity contribution in [3.63, 3.8) is 0 Å². The van der Waals surface area contributed by atoms with Crippen LogP contribution in [0, 0.1) is 12.8 Å². The molecule has 1 saturated heterocycles. The molecule has 0 saturated carbocycles. The summed E-state index contributed by atoms with van der Waals surface area (Å²) in [5, 5.41) is 8.94. The third kappa shape index (κ3) is 4.56. The number of rotatable bonds is 4. The molecule has 3 heterocycles. The molecule has 1 aromatic carbocycles. The zero-order valence-corrected chi connectivity index (χ0v) is 17.2. The smallest absolute Gasteiger partial charge is 0.317 e. The molecule has 7 heteroatoms. The SMILES string of the molecule is Cc1cc(NC(=O)C2CCCN(C(=O)NCc3cccs3)C2)c2ccccc2n1. The lowest BCUT2D eigenvalue weighted by atomic mass is 9.97. The number of carbonyl (C=O) groups excluding carboxylic acids is 2. The number of carbonyl (C=O) groups is 2. The Labute approximate surface area is 173 Å². The van der Waals surface area contributed by atoms with Crippen molar-refractivity contribution in [3.8, 4) is 0 Å². The normalized spacial score (nSPS) is 16.6. The number of hydrogen-bond acceptors (Lipinski definition) is 4. The molecule has 1 fully saturated rings. The zero-order chi connectivity index (χ0) is 20.2. The number of pyridine rings is 1.